The predicted molar refractivity (Wildman–Crippen MR) is 88.6 cm³/mol. The van der Waals surface area contributed by atoms with E-state index in [0.717, 1.165) is 38.6 Å². The van der Waals surface area contributed by atoms with Gasteiger partial charge in [-0.1, -0.05) is 18.2 Å². The Morgan fingerprint density at radius 3 is 2.40 bits per heavy atom. The maximum atomic E-state index is 4.62. The smallest absolute Gasteiger partial charge is 0.193 e. The fourth-order valence-electron chi connectivity index (χ4n) is 2.07. The average molecular weight is 276 g/mol. The summed E-state index contributed by atoms with van der Waals surface area (Å²) in [6.07, 6.45) is 1.06. The van der Waals surface area contributed by atoms with Crippen LogP contribution in [0, 0.1) is 0 Å². The van der Waals surface area contributed by atoms with E-state index in [1.165, 1.54) is 5.69 Å². The Morgan fingerprint density at radius 2 is 1.85 bits per heavy atom. The number of guanidine groups is 1. The van der Waals surface area contributed by atoms with Crippen LogP contribution in [0.3, 0.4) is 0 Å². The molecule has 4 nitrogen and oxygen atoms in total. The van der Waals surface area contributed by atoms with Crippen molar-refractivity contribution in [2.75, 3.05) is 45.2 Å². The minimum absolute atomic E-state index is 0.851. The number of aliphatic imine (C=N–C) groups is 1. The monoisotopic (exact) mass is 276 g/mol. The van der Waals surface area contributed by atoms with Crippen LogP contribution in [0.1, 0.15) is 20.3 Å². The Bertz CT molecular complexity index is 387. The van der Waals surface area contributed by atoms with Gasteiger partial charge in [0.1, 0.15) is 0 Å². The second-order valence-corrected chi connectivity index (χ2v) is 4.90. The Hall–Kier alpha value is -1.71. The van der Waals surface area contributed by atoms with Gasteiger partial charge in [0.25, 0.3) is 0 Å². The zero-order valence-corrected chi connectivity index (χ0v) is 13.3. The Kier molecular flexibility index (Phi) is 7.55. The highest BCUT2D eigenvalue weighted by atomic mass is 15.3. The zero-order chi connectivity index (χ0) is 14.8. The van der Waals surface area contributed by atoms with Gasteiger partial charge in [-0.05, 0) is 32.4 Å². The second kappa shape index (κ2) is 9.23. The Morgan fingerprint density at radius 1 is 1.15 bits per heavy atom. The van der Waals surface area contributed by atoms with Gasteiger partial charge in [0.2, 0.25) is 0 Å². The molecular weight excluding hydrogens is 248 g/mol. The first-order chi connectivity index (χ1) is 9.69. The number of rotatable bonds is 7. The van der Waals surface area contributed by atoms with Crippen LogP contribution < -0.4 is 10.2 Å². The zero-order valence-electron chi connectivity index (χ0n) is 13.3. The van der Waals surface area contributed by atoms with Crippen molar-refractivity contribution in [3.63, 3.8) is 0 Å². The fourth-order valence-corrected chi connectivity index (χ4v) is 2.07. The molecule has 0 amide bonds. The van der Waals surface area contributed by atoms with Crippen molar-refractivity contribution in [1.82, 2.24) is 10.2 Å². The van der Waals surface area contributed by atoms with Crippen LogP contribution >= 0.6 is 0 Å². The van der Waals surface area contributed by atoms with E-state index in [9.17, 15) is 0 Å². The first-order valence-electron chi connectivity index (χ1n) is 7.44. The summed E-state index contributed by atoms with van der Waals surface area (Å²) in [7, 11) is 4.04. The van der Waals surface area contributed by atoms with Gasteiger partial charge >= 0.3 is 0 Å². The van der Waals surface area contributed by atoms with Crippen LogP contribution in [-0.4, -0.2) is 51.1 Å². The Labute approximate surface area is 123 Å². The topological polar surface area (TPSA) is 30.9 Å². The van der Waals surface area contributed by atoms with Gasteiger partial charge in [0.15, 0.2) is 5.96 Å². The van der Waals surface area contributed by atoms with E-state index >= 15 is 0 Å². The molecule has 0 aliphatic heterocycles. The quantitative estimate of drug-likeness (QED) is 0.471. The molecule has 0 bridgehead atoms. The molecule has 4 heteroatoms. The molecular formula is C16H28N4. The summed E-state index contributed by atoms with van der Waals surface area (Å²) >= 11 is 0. The average Bonchev–Trinajstić information content (AvgIpc) is 2.47. The summed E-state index contributed by atoms with van der Waals surface area (Å²) in [5.74, 6) is 0.968. The van der Waals surface area contributed by atoms with Crippen LogP contribution in [0.15, 0.2) is 35.3 Å². The molecule has 0 saturated heterocycles. The summed E-state index contributed by atoms with van der Waals surface area (Å²) in [5, 5.41) is 3.28. The van der Waals surface area contributed by atoms with Crippen molar-refractivity contribution in [3.8, 4) is 0 Å². The lowest BCUT2D eigenvalue weighted by atomic mass is 10.2. The van der Waals surface area contributed by atoms with Crippen LogP contribution in [0.5, 0.6) is 0 Å². The molecule has 1 aromatic carbocycles. The van der Waals surface area contributed by atoms with E-state index < -0.39 is 0 Å². The van der Waals surface area contributed by atoms with Gasteiger partial charge in [0.05, 0.1) is 0 Å². The number of benzene rings is 1. The van der Waals surface area contributed by atoms with Crippen LogP contribution in [-0.2, 0) is 0 Å². The van der Waals surface area contributed by atoms with E-state index in [-0.39, 0.29) is 0 Å². The lowest BCUT2D eigenvalue weighted by Crippen LogP contribution is -2.36. The molecule has 112 valence electrons. The summed E-state index contributed by atoms with van der Waals surface area (Å²) < 4.78 is 0. The van der Waals surface area contributed by atoms with Crippen molar-refractivity contribution in [3.05, 3.63) is 30.3 Å². The lowest BCUT2D eigenvalue weighted by Gasteiger charge is -2.23. The molecule has 0 aromatic heterocycles. The van der Waals surface area contributed by atoms with Gasteiger partial charge < -0.3 is 15.1 Å². The number of hydrogen-bond acceptors (Lipinski definition) is 2. The molecule has 0 aliphatic carbocycles. The standard InChI is InChI=1S/C16H28N4/c1-5-17-16(19(3)4)18-13-10-14-20(6-2)15-11-8-7-9-12-15/h7-9,11-12H,5-6,10,13-14H2,1-4H3,(H,17,18). The SMILES string of the molecule is CCNC(=NCCCN(CC)c1ccccc1)N(C)C. The molecule has 0 saturated carbocycles. The van der Waals surface area contributed by atoms with E-state index in [1.807, 2.05) is 19.0 Å². The molecule has 1 rings (SSSR count). The number of nitrogens with one attached hydrogen (secondary N) is 1. The molecule has 0 spiro atoms. The predicted octanol–water partition coefficient (Wildman–Crippen LogP) is 2.43. The summed E-state index contributed by atoms with van der Waals surface area (Å²) in [6.45, 7) is 8.11. The van der Waals surface area contributed by atoms with E-state index in [4.69, 9.17) is 0 Å². The largest absolute Gasteiger partial charge is 0.372 e. The number of nitrogens with zero attached hydrogens (tertiary/aromatic N) is 3. The van der Waals surface area contributed by atoms with Gasteiger partial charge in [-0.2, -0.15) is 0 Å². The van der Waals surface area contributed by atoms with Crippen LogP contribution in [0.2, 0.25) is 0 Å². The molecule has 1 aromatic rings. The highest BCUT2D eigenvalue weighted by Gasteiger charge is 2.03. The Balaban J connectivity index is 2.44. The van der Waals surface area contributed by atoms with Crippen molar-refractivity contribution >= 4 is 11.6 Å². The fraction of sp³-hybridized carbons (Fsp3) is 0.562. The van der Waals surface area contributed by atoms with Crippen molar-refractivity contribution in [2.24, 2.45) is 4.99 Å². The van der Waals surface area contributed by atoms with Gasteiger partial charge in [-0.3, -0.25) is 4.99 Å². The molecule has 0 heterocycles. The molecule has 0 radical (unpaired) electrons. The van der Waals surface area contributed by atoms with E-state index in [1.54, 1.807) is 0 Å². The normalized spacial score (nSPS) is 11.3. The number of para-hydroxylation sites is 1. The van der Waals surface area contributed by atoms with Crippen molar-refractivity contribution < 1.29 is 0 Å². The number of hydrogen-bond donors (Lipinski definition) is 1. The molecule has 0 fully saturated rings. The first kappa shape index (κ1) is 16.3. The third kappa shape index (κ3) is 5.51. The second-order valence-electron chi connectivity index (χ2n) is 4.90. The molecule has 0 aliphatic rings. The number of anilines is 1. The summed E-state index contributed by atoms with van der Waals surface area (Å²) in [6, 6.07) is 10.6. The third-order valence-electron chi connectivity index (χ3n) is 3.11. The van der Waals surface area contributed by atoms with E-state index in [0.29, 0.717) is 0 Å². The first-order valence-corrected chi connectivity index (χ1v) is 7.44. The molecule has 0 unspecified atom stereocenters. The maximum absolute atomic E-state index is 4.62. The van der Waals surface area contributed by atoms with Gasteiger partial charge in [0, 0.05) is 46.0 Å². The summed E-state index contributed by atoms with van der Waals surface area (Å²) in [5.41, 5.74) is 1.29. The van der Waals surface area contributed by atoms with Crippen LogP contribution in [0.4, 0.5) is 5.69 Å². The minimum atomic E-state index is 0.851. The van der Waals surface area contributed by atoms with E-state index in [2.05, 4.69) is 59.4 Å². The minimum Gasteiger partial charge on any atom is -0.372 e. The maximum Gasteiger partial charge on any atom is 0.193 e. The van der Waals surface area contributed by atoms with Crippen molar-refractivity contribution in [1.29, 1.82) is 0 Å². The van der Waals surface area contributed by atoms with Crippen molar-refractivity contribution in [2.45, 2.75) is 20.3 Å². The summed E-state index contributed by atoms with van der Waals surface area (Å²) in [4.78, 5) is 9.03. The highest BCUT2D eigenvalue weighted by Crippen LogP contribution is 2.12. The molecule has 0 atom stereocenters. The highest BCUT2D eigenvalue weighted by molar-refractivity contribution is 5.79. The third-order valence-corrected chi connectivity index (χ3v) is 3.11. The van der Waals surface area contributed by atoms with Gasteiger partial charge in [-0.15, -0.1) is 0 Å². The lowest BCUT2D eigenvalue weighted by molar-refractivity contribution is 0.581. The van der Waals surface area contributed by atoms with Gasteiger partial charge in [-0.25, -0.2) is 0 Å². The van der Waals surface area contributed by atoms with Crippen LogP contribution in [0.25, 0.3) is 0 Å². The molecule has 1 N–H and O–H groups in total. The molecule has 20 heavy (non-hydrogen) atoms.